The number of aliphatic hydroxyl groups excluding tert-OH is 1. The van der Waals surface area contributed by atoms with Crippen molar-refractivity contribution in [2.45, 2.75) is 32.9 Å². The fourth-order valence-corrected chi connectivity index (χ4v) is 2.17. The zero-order valence-corrected chi connectivity index (χ0v) is 12.4. The van der Waals surface area contributed by atoms with Crippen molar-refractivity contribution in [3.63, 3.8) is 0 Å². The van der Waals surface area contributed by atoms with E-state index in [0.717, 1.165) is 16.7 Å². The van der Waals surface area contributed by atoms with E-state index in [9.17, 15) is 9.90 Å². The largest absolute Gasteiger partial charge is 0.387 e. The summed E-state index contributed by atoms with van der Waals surface area (Å²) in [5, 5.41) is 17.0. The van der Waals surface area contributed by atoms with E-state index in [2.05, 4.69) is 10.4 Å². The lowest BCUT2D eigenvalue weighted by molar-refractivity contribution is -0.121. The topological polar surface area (TPSA) is 67.2 Å². The first-order valence-electron chi connectivity index (χ1n) is 7.05. The lowest BCUT2D eigenvalue weighted by Gasteiger charge is -2.14. The van der Waals surface area contributed by atoms with Gasteiger partial charge in [-0.05, 0) is 30.5 Å². The highest BCUT2D eigenvalue weighted by molar-refractivity contribution is 5.75. The van der Waals surface area contributed by atoms with Gasteiger partial charge in [-0.25, -0.2) is 0 Å². The molecule has 0 radical (unpaired) electrons. The van der Waals surface area contributed by atoms with Gasteiger partial charge in [-0.3, -0.25) is 9.48 Å². The predicted molar refractivity (Wildman–Crippen MR) is 80.7 cm³/mol. The second kappa shape index (κ2) is 7.04. The maximum Gasteiger partial charge on any atom is 0.221 e. The van der Waals surface area contributed by atoms with Gasteiger partial charge in [0.25, 0.3) is 0 Å². The molecule has 2 aromatic rings. The van der Waals surface area contributed by atoms with Crippen LogP contribution in [-0.4, -0.2) is 27.3 Å². The van der Waals surface area contributed by atoms with E-state index in [0.29, 0.717) is 13.0 Å². The van der Waals surface area contributed by atoms with E-state index in [1.807, 2.05) is 44.3 Å². The van der Waals surface area contributed by atoms with Gasteiger partial charge < -0.3 is 10.4 Å². The molecule has 21 heavy (non-hydrogen) atoms. The van der Waals surface area contributed by atoms with Crippen LogP contribution in [0.4, 0.5) is 0 Å². The van der Waals surface area contributed by atoms with Crippen molar-refractivity contribution in [3.05, 3.63) is 53.3 Å². The van der Waals surface area contributed by atoms with Gasteiger partial charge in [0.2, 0.25) is 5.91 Å². The van der Waals surface area contributed by atoms with E-state index >= 15 is 0 Å². The number of carbonyl (C=O) groups is 1. The Hall–Kier alpha value is -2.14. The predicted octanol–water partition coefficient (Wildman–Crippen LogP) is 1.74. The summed E-state index contributed by atoms with van der Waals surface area (Å²) in [7, 11) is 0. The first kappa shape index (κ1) is 15.3. The molecule has 0 spiro atoms. The van der Waals surface area contributed by atoms with Crippen molar-refractivity contribution in [2.24, 2.45) is 0 Å². The maximum atomic E-state index is 11.8. The molecule has 1 atom stereocenters. The molecule has 0 saturated heterocycles. The normalized spacial score (nSPS) is 12.1. The number of aliphatic hydroxyl groups is 1. The fraction of sp³-hybridized carbons (Fsp3) is 0.375. The van der Waals surface area contributed by atoms with Crippen LogP contribution in [-0.2, 0) is 11.3 Å². The van der Waals surface area contributed by atoms with E-state index in [1.165, 1.54) is 0 Å². The maximum absolute atomic E-state index is 11.8. The minimum atomic E-state index is -0.679. The van der Waals surface area contributed by atoms with Crippen molar-refractivity contribution < 1.29 is 9.90 Å². The van der Waals surface area contributed by atoms with Gasteiger partial charge in [0.05, 0.1) is 12.3 Å². The number of amides is 1. The summed E-state index contributed by atoms with van der Waals surface area (Å²) in [6, 6.07) is 7.63. The lowest BCUT2D eigenvalue weighted by Crippen LogP contribution is -2.29. The minimum absolute atomic E-state index is 0.0872. The zero-order valence-electron chi connectivity index (χ0n) is 12.4. The fourth-order valence-electron chi connectivity index (χ4n) is 2.17. The molecule has 0 aliphatic heterocycles. The average Bonchev–Trinajstić information content (AvgIpc) is 2.89. The summed E-state index contributed by atoms with van der Waals surface area (Å²) in [6.07, 6.45) is 3.33. The molecule has 1 aromatic carbocycles. The average molecular weight is 287 g/mol. The van der Waals surface area contributed by atoms with Gasteiger partial charge in [0, 0.05) is 25.7 Å². The molecule has 0 aliphatic carbocycles. The molecule has 112 valence electrons. The molecule has 1 amide bonds. The molecule has 1 heterocycles. The van der Waals surface area contributed by atoms with Crippen LogP contribution >= 0.6 is 0 Å². The summed E-state index contributed by atoms with van der Waals surface area (Å²) in [4.78, 5) is 11.8. The highest BCUT2D eigenvalue weighted by Gasteiger charge is 2.11. The van der Waals surface area contributed by atoms with Crippen LogP contribution in [0.3, 0.4) is 0 Å². The SMILES string of the molecule is Cc1cnn(CCC(=O)NCC(O)c2ccccc2C)c1. The van der Waals surface area contributed by atoms with Gasteiger partial charge in [-0.15, -0.1) is 0 Å². The molecule has 5 heteroatoms. The van der Waals surface area contributed by atoms with Crippen molar-refractivity contribution in [1.29, 1.82) is 0 Å². The van der Waals surface area contributed by atoms with Gasteiger partial charge in [0.1, 0.15) is 0 Å². The Bertz CT molecular complexity index is 607. The molecule has 1 aromatic heterocycles. The molecule has 0 bridgehead atoms. The third-order valence-electron chi connectivity index (χ3n) is 3.37. The summed E-state index contributed by atoms with van der Waals surface area (Å²) in [5.41, 5.74) is 2.94. The molecular weight excluding hydrogens is 266 g/mol. The third kappa shape index (κ3) is 4.43. The second-order valence-electron chi connectivity index (χ2n) is 5.21. The molecule has 2 rings (SSSR count). The summed E-state index contributed by atoms with van der Waals surface area (Å²) < 4.78 is 1.74. The number of benzene rings is 1. The highest BCUT2D eigenvalue weighted by atomic mass is 16.3. The van der Waals surface area contributed by atoms with E-state index in [1.54, 1.807) is 10.9 Å². The molecule has 0 saturated carbocycles. The van der Waals surface area contributed by atoms with E-state index in [4.69, 9.17) is 0 Å². The number of hydrogen-bond donors (Lipinski definition) is 2. The standard InChI is InChI=1S/C16H21N3O2/c1-12-9-18-19(11-12)8-7-16(21)17-10-15(20)14-6-4-3-5-13(14)2/h3-6,9,11,15,20H,7-8,10H2,1-2H3,(H,17,21). The Morgan fingerprint density at radius 1 is 1.38 bits per heavy atom. The number of nitrogens with one attached hydrogen (secondary N) is 1. The van der Waals surface area contributed by atoms with Crippen LogP contribution < -0.4 is 5.32 Å². The molecule has 5 nitrogen and oxygen atoms in total. The van der Waals surface area contributed by atoms with Crippen molar-refractivity contribution in [1.82, 2.24) is 15.1 Å². The van der Waals surface area contributed by atoms with Crippen LogP contribution in [0.1, 0.15) is 29.2 Å². The van der Waals surface area contributed by atoms with Gasteiger partial charge >= 0.3 is 0 Å². The van der Waals surface area contributed by atoms with Crippen LogP contribution in [0.15, 0.2) is 36.7 Å². The van der Waals surface area contributed by atoms with Crippen molar-refractivity contribution in [2.75, 3.05) is 6.54 Å². The van der Waals surface area contributed by atoms with E-state index in [-0.39, 0.29) is 12.5 Å². The lowest BCUT2D eigenvalue weighted by atomic mass is 10.0. The number of carbonyl (C=O) groups excluding carboxylic acids is 1. The smallest absolute Gasteiger partial charge is 0.221 e. The highest BCUT2D eigenvalue weighted by Crippen LogP contribution is 2.16. The Balaban J connectivity index is 1.77. The van der Waals surface area contributed by atoms with E-state index < -0.39 is 6.10 Å². The molecule has 0 aliphatic rings. The van der Waals surface area contributed by atoms with Crippen LogP contribution in [0, 0.1) is 13.8 Å². The second-order valence-corrected chi connectivity index (χ2v) is 5.21. The summed E-state index contributed by atoms with van der Waals surface area (Å²) in [5.74, 6) is -0.0872. The Morgan fingerprint density at radius 3 is 2.81 bits per heavy atom. The Morgan fingerprint density at radius 2 is 2.14 bits per heavy atom. The number of aromatic nitrogens is 2. The molecule has 1 unspecified atom stereocenters. The molecular formula is C16H21N3O2. The number of nitrogens with zero attached hydrogens (tertiary/aromatic N) is 2. The number of aryl methyl sites for hydroxylation is 3. The number of hydrogen-bond acceptors (Lipinski definition) is 3. The quantitative estimate of drug-likeness (QED) is 0.850. The third-order valence-corrected chi connectivity index (χ3v) is 3.37. The Kier molecular flexibility index (Phi) is 5.11. The minimum Gasteiger partial charge on any atom is -0.387 e. The summed E-state index contributed by atoms with van der Waals surface area (Å²) >= 11 is 0. The van der Waals surface area contributed by atoms with Gasteiger partial charge in [0.15, 0.2) is 0 Å². The number of rotatable bonds is 6. The summed E-state index contributed by atoms with van der Waals surface area (Å²) in [6.45, 7) is 4.67. The Labute approximate surface area is 124 Å². The van der Waals surface area contributed by atoms with Crippen LogP contribution in [0.5, 0.6) is 0 Å². The van der Waals surface area contributed by atoms with Gasteiger partial charge in [-0.2, -0.15) is 5.10 Å². The van der Waals surface area contributed by atoms with Crippen molar-refractivity contribution >= 4 is 5.91 Å². The van der Waals surface area contributed by atoms with Crippen LogP contribution in [0.25, 0.3) is 0 Å². The first-order chi connectivity index (χ1) is 10.1. The first-order valence-corrected chi connectivity index (χ1v) is 7.05. The molecule has 2 N–H and O–H groups in total. The van der Waals surface area contributed by atoms with Gasteiger partial charge in [-0.1, -0.05) is 24.3 Å². The monoisotopic (exact) mass is 287 g/mol. The van der Waals surface area contributed by atoms with Crippen LogP contribution in [0.2, 0.25) is 0 Å². The zero-order chi connectivity index (χ0) is 15.2. The van der Waals surface area contributed by atoms with Crippen molar-refractivity contribution in [3.8, 4) is 0 Å². The molecule has 0 fully saturated rings.